The predicted octanol–water partition coefficient (Wildman–Crippen LogP) is 4.40. The maximum Gasteiger partial charge on any atom is 0.272 e. The van der Waals surface area contributed by atoms with Crippen LogP contribution in [0.5, 0.6) is 0 Å². The minimum atomic E-state index is -0.575. The normalized spacial score (nSPS) is 14.9. The molecule has 1 aliphatic heterocycles. The van der Waals surface area contributed by atoms with Gasteiger partial charge in [0, 0.05) is 43.9 Å². The number of benzene rings is 2. The molecule has 2 fully saturated rings. The molecule has 8 heteroatoms. The van der Waals surface area contributed by atoms with Crippen molar-refractivity contribution in [2.75, 3.05) is 26.2 Å². The molecule has 5 rings (SSSR count). The molecule has 3 aromatic rings. The molecule has 0 radical (unpaired) electrons. The third-order valence-corrected chi connectivity index (χ3v) is 6.21. The quantitative estimate of drug-likeness (QED) is 0.583. The number of hydrogen-bond acceptors (Lipinski definition) is 4. The number of carbonyl (C=O) groups excluding carboxylic acids is 2. The Morgan fingerprint density at radius 2 is 1.56 bits per heavy atom. The summed E-state index contributed by atoms with van der Waals surface area (Å²) in [5, 5.41) is 7.93. The highest BCUT2D eigenvalue weighted by Crippen LogP contribution is 2.31. The molecule has 192 valence electrons. The number of aromatic amines is 1. The van der Waals surface area contributed by atoms with Crippen LogP contribution in [0.1, 0.15) is 62.2 Å². The van der Waals surface area contributed by atoms with Crippen LogP contribution in [-0.4, -0.2) is 58.0 Å². The van der Waals surface area contributed by atoms with E-state index in [2.05, 4.69) is 10.2 Å². The number of nitrogens with one attached hydrogen (secondary N) is 1. The molecule has 0 spiro atoms. The van der Waals surface area contributed by atoms with E-state index < -0.39 is 5.82 Å². The van der Waals surface area contributed by atoms with E-state index in [0.717, 1.165) is 23.8 Å². The SMILES string of the molecule is CC.CC.O=C(c1cc(Cc2n[nH]c(=O)c3ccccc23)ccc1F)N1CCN(C(=O)C2CC2)CC1. The van der Waals surface area contributed by atoms with Gasteiger partial charge in [-0.2, -0.15) is 5.10 Å². The van der Waals surface area contributed by atoms with Gasteiger partial charge in [-0.1, -0.05) is 52.0 Å². The fourth-order valence-corrected chi connectivity index (χ4v) is 4.23. The Kier molecular flexibility index (Phi) is 9.33. The number of nitrogens with zero attached hydrogens (tertiary/aromatic N) is 3. The van der Waals surface area contributed by atoms with E-state index in [-0.39, 0.29) is 28.9 Å². The molecular formula is C28H35FN4O3. The lowest BCUT2D eigenvalue weighted by molar-refractivity contribution is -0.134. The van der Waals surface area contributed by atoms with E-state index in [0.29, 0.717) is 43.7 Å². The standard InChI is InChI=1S/C24H23FN4O3.2C2H6/c25-20-8-5-15(14-21-17-3-1-2-4-18(17)22(30)27-26-21)13-19(20)24(32)29-11-9-28(10-12-29)23(31)16-6-7-16;2*1-2/h1-5,8,13,16H,6-7,9-12,14H2,(H,27,30);2*1-2H3. The Morgan fingerprint density at radius 1 is 0.944 bits per heavy atom. The van der Waals surface area contributed by atoms with Crippen LogP contribution in [0.3, 0.4) is 0 Å². The predicted molar refractivity (Wildman–Crippen MR) is 139 cm³/mol. The van der Waals surface area contributed by atoms with Crippen molar-refractivity contribution in [3.8, 4) is 0 Å². The zero-order valence-corrected chi connectivity index (χ0v) is 21.5. The second-order valence-corrected chi connectivity index (χ2v) is 8.43. The van der Waals surface area contributed by atoms with Crippen molar-refractivity contribution in [1.82, 2.24) is 20.0 Å². The third-order valence-electron chi connectivity index (χ3n) is 6.21. The van der Waals surface area contributed by atoms with E-state index in [1.807, 2.05) is 39.8 Å². The largest absolute Gasteiger partial charge is 0.339 e. The van der Waals surface area contributed by atoms with Gasteiger partial charge in [-0.25, -0.2) is 9.49 Å². The number of H-pyrrole nitrogens is 1. The number of piperazine rings is 1. The average Bonchev–Trinajstić information content (AvgIpc) is 3.79. The van der Waals surface area contributed by atoms with Gasteiger partial charge in [0.25, 0.3) is 11.5 Å². The third kappa shape index (κ3) is 5.98. The van der Waals surface area contributed by atoms with Crippen molar-refractivity contribution in [2.45, 2.75) is 47.0 Å². The van der Waals surface area contributed by atoms with Gasteiger partial charge in [-0.05, 0) is 36.6 Å². The lowest BCUT2D eigenvalue weighted by atomic mass is 10.0. The van der Waals surface area contributed by atoms with Crippen LogP contribution in [0.15, 0.2) is 47.3 Å². The van der Waals surface area contributed by atoms with Gasteiger partial charge in [0.1, 0.15) is 5.82 Å². The second kappa shape index (κ2) is 12.4. The van der Waals surface area contributed by atoms with Crippen molar-refractivity contribution < 1.29 is 14.0 Å². The number of hydrogen-bond donors (Lipinski definition) is 1. The molecule has 2 aromatic carbocycles. The topological polar surface area (TPSA) is 86.4 Å². The smallest absolute Gasteiger partial charge is 0.272 e. The van der Waals surface area contributed by atoms with Crippen molar-refractivity contribution in [2.24, 2.45) is 5.92 Å². The molecule has 0 unspecified atom stereocenters. The van der Waals surface area contributed by atoms with E-state index in [1.54, 1.807) is 34.1 Å². The van der Waals surface area contributed by atoms with Crippen molar-refractivity contribution >= 4 is 22.6 Å². The van der Waals surface area contributed by atoms with Crippen LogP contribution >= 0.6 is 0 Å². The van der Waals surface area contributed by atoms with Crippen LogP contribution in [-0.2, 0) is 11.2 Å². The summed E-state index contributed by atoms with van der Waals surface area (Å²) in [5.41, 5.74) is 1.12. The first-order valence-electron chi connectivity index (χ1n) is 12.8. The number of fused-ring (bicyclic) bond motifs is 1. The maximum absolute atomic E-state index is 14.6. The summed E-state index contributed by atoms with van der Waals surface area (Å²) < 4.78 is 14.6. The number of aromatic nitrogens is 2. The van der Waals surface area contributed by atoms with Crippen LogP contribution in [0.25, 0.3) is 10.8 Å². The number of amides is 2. The molecule has 36 heavy (non-hydrogen) atoms. The maximum atomic E-state index is 14.6. The Hall–Kier alpha value is -3.55. The molecule has 1 saturated carbocycles. The van der Waals surface area contributed by atoms with Crippen LogP contribution in [0.4, 0.5) is 4.39 Å². The molecule has 0 atom stereocenters. The lowest BCUT2D eigenvalue weighted by Crippen LogP contribution is -2.51. The highest BCUT2D eigenvalue weighted by molar-refractivity contribution is 5.95. The van der Waals surface area contributed by atoms with Gasteiger partial charge in [-0.3, -0.25) is 14.4 Å². The molecule has 7 nitrogen and oxygen atoms in total. The zero-order chi connectivity index (χ0) is 26.2. The summed E-state index contributed by atoms with van der Waals surface area (Å²) in [6.07, 6.45) is 2.26. The Balaban J connectivity index is 0.000000861. The first kappa shape index (κ1) is 27.0. The molecule has 1 aromatic heterocycles. The van der Waals surface area contributed by atoms with E-state index in [4.69, 9.17) is 0 Å². The first-order valence-corrected chi connectivity index (χ1v) is 12.8. The molecule has 1 N–H and O–H groups in total. The second-order valence-electron chi connectivity index (χ2n) is 8.43. The average molecular weight is 495 g/mol. The minimum absolute atomic E-state index is 0.0122. The van der Waals surface area contributed by atoms with Gasteiger partial charge in [0.05, 0.1) is 16.6 Å². The first-order chi connectivity index (χ1) is 17.5. The summed E-state index contributed by atoms with van der Waals surface area (Å²) in [5.74, 6) is -0.619. The molecule has 1 aliphatic carbocycles. The van der Waals surface area contributed by atoms with Crippen molar-refractivity contribution in [1.29, 1.82) is 0 Å². The van der Waals surface area contributed by atoms with Gasteiger partial charge in [0.2, 0.25) is 5.91 Å². The summed E-state index contributed by atoms with van der Waals surface area (Å²) >= 11 is 0. The Labute approximate surface area is 211 Å². The lowest BCUT2D eigenvalue weighted by Gasteiger charge is -2.35. The molecule has 1 saturated heterocycles. The summed E-state index contributed by atoms with van der Waals surface area (Å²) in [6, 6.07) is 11.6. The van der Waals surface area contributed by atoms with E-state index >= 15 is 0 Å². The number of carbonyl (C=O) groups is 2. The molecule has 0 bridgehead atoms. The highest BCUT2D eigenvalue weighted by Gasteiger charge is 2.35. The highest BCUT2D eigenvalue weighted by atomic mass is 19.1. The van der Waals surface area contributed by atoms with E-state index in [9.17, 15) is 18.8 Å². The fourth-order valence-electron chi connectivity index (χ4n) is 4.23. The number of rotatable bonds is 4. The van der Waals surface area contributed by atoms with Gasteiger partial charge in [-0.15, -0.1) is 0 Å². The van der Waals surface area contributed by atoms with Crippen molar-refractivity contribution in [3.63, 3.8) is 0 Å². The van der Waals surface area contributed by atoms with Crippen LogP contribution < -0.4 is 5.56 Å². The molecule has 2 aliphatic rings. The molecular weight excluding hydrogens is 459 g/mol. The van der Waals surface area contributed by atoms with Crippen molar-refractivity contribution in [3.05, 3.63) is 75.5 Å². The Morgan fingerprint density at radius 3 is 2.19 bits per heavy atom. The zero-order valence-electron chi connectivity index (χ0n) is 21.5. The number of halogens is 1. The molecule has 2 heterocycles. The summed E-state index contributed by atoms with van der Waals surface area (Å²) in [4.78, 5) is 40.7. The Bertz CT molecular complexity index is 1260. The van der Waals surface area contributed by atoms with Gasteiger partial charge in [0.15, 0.2) is 0 Å². The fraction of sp³-hybridized carbons (Fsp3) is 0.429. The summed E-state index contributed by atoms with van der Waals surface area (Å²) in [7, 11) is 0. The monoisotopic (exact) mass is 494 g/mol. The minimum Gasteiger partial charge on any atom is -0.339 e. The van der Waals surface area contributed by atoms with E-state index in [1.165, 1.54) is 6.07 Å². The van der Waals surface area contributed by atoms with Crippen LogP contribution in [0, 0.1) is 11.7 Å². The molecule has 2 amide bonds. The van der Waals surface area contributed by atoms with Crippen LogP contribution in [0.2, 0.25) is 0 Å². The van der Waals surface area contributed by atoms with Gasteiger partial charge < -0.3 is 9.80 Å². The summed E-state index contributed by atoms with van der Waals surface area (Å²) in [6.45, 7) is 9.76. The van der Waals surface area contributed by atoms with Gasteiger partial charge >= 0.3 is 0 Å².